The molecule has 1 heterocycles. The number of carbonyl (C=O) groups excluding carboxylic acids is 1. The summed E-state index contributed by atoms with van der Waals surface area (Å²) >= 11 is 1.52. The van der Waals surface area contributed by atoms with Crippen molar-refractivity contribution in [3.05, 3.63) is 40.9 Å². The summed E-state index contributed by atoms with van der Waals surface area (Å²) in [5.41, 5.74) is 8.67. The standard InChI is InChI=1S/C17H21N3OS/c1-11-4-2-3-5-14(11)17-20-15(10-22-17)16(21)19-13-8-6-12(18)7-9-13/h2-5,10,12-13H,6-9,18H2,1H3,(H,19,21). The molecule has 1 aliphatic rings. The zero-order valence-corrected chi connectivity index (χ0v) is 13.5. The van der Waals surface area contributed by atoms with E-state index in [2.05, 4.69) is 23.3 Å². The summed E-state index contributed by atoms with van der Waals surface area (Å²) in [7, 11) is 0. The van der Waals surface area contributed by atoms with E-state index in [1.165, 1.54) is 16.9 Å². The number of aromatic nitrogens is 1. The molecule has 2 aromatic rings. The fourth-order valence-electron chi connectivity index (χ4n) is 2.84. The van der Waals surface area contributed by atoms with Crippen LogP contribution in [0.2, 0.25) is 0 Å². The fraction of sp³-hybridized carbons (Fsp3) is 0.412. The van der Waals surface area contributed by atoms with Crippen LogP contribution in [0.4, 0.5) is 0 Å². The van der Waals surface area contributed by atoms with E-state index in [0.717, 1.165) is 36.3 Å². The number of carbonyl (C=O) groups is 1. The molecule has 1 aromatic heterocycles. The fourth-order valence-corrected chi connectivity index (χ4v) is 3.73. The largest absolute Gasteiger partial charge is 0.348 e. The van der Waals surface area contributed by atoms with Crippen LogP contribution in [0.25, 0.3) is 10.6 Å². The SMILES string of the molecule is Cc1ccccc1-c1nc(C(=O)NC2CCC(N)CC2)cs1. The number of aryl methyl sites for hydroxylation is 1. The Morgan fingerprint density at radius 2 is 2.00 bits per heavy atom. The van der Waals surface area contributed by atoms with Crippen LogP contribution in [0.3, 0.4) is 0 Å². The van der Waals surface area contributed by atoms with E-state index < -0.39 is 0 Å². The number of nitrogens with one attached hydrogen (secondary N) is 1. The summed E-state index contributed by atoms with van der Waals surface area (Å²) in [5.74, 6) is -0.0726. The summed E-state index contributed by atoms with van der Waals surface area (Å²) in [6.07, 6.45) is 3.89. The maximum absolute atomic E-state index is 12.3. The number of nitrogens with two attached hydrogens (primary N) is 1. The van der Waals surface area contributed by atoms with Gasteiger partial charge in [0.05, 0.1) is 0 Å². The number of nitrogens with zero attached hydrogens (tertiary/aromatic N) is 1. The lowest BCUT2D eigenvalue weighted by Gasteiger charge is -2.26. The molecule has 22 heavy (non-hydrogen) atoms. The maximum Gasteiger partial charge on any atom is 0.270 e. The van der Waals surface area contributed by atoms with E-state index in [-0.39, 0.29) is 11.9 Å². The van der Waals surface area contributed by atoms with Crippen molar-refractivity contribution in [3.63, 3.8) is 0 Å². The third-order valence-electron chi connectivity index (χ3n) is 4.22. The second kappa shape index (κ2) is 6.58. The predicted molar refractivity (Wildman–Crippen MR) is 90.0 cm³/mol. The number of amides is 1. The van der Waals surface area contributed by atoms with E-state index in [0.29, 0.717) is 11.7 Å². The Morgan fingerprint density at radius 3 is 2.73 bits per heavy atom. The highest BCUT2D eigenvalue weighted by Gasteiger charge is 2.21. The van der Waals surface area contributed by atoms with Gasteiger partial charge in [-0.05, 0) is 38.2 Å². The van der Waals surface area contributed by atoms with Crippen LogP contribution >= 0.6 is 11.3 Å². The molecule has 116 valence electrons. The van der Waals surface area contributed by atoms with Crippen LogP contribution < -0.4 is 11.1 Å². The van der Waals surface area contributed by atoms with E-state index >= 15 is 0 Å². The van der Waals surface area contributed by atoms with E-state index in [4.69, 9.17) is 5.73 Å². The molecule has 0 spiro atoms. The molecule has 4 nitrogen and oxygen atoms in total. The first kappa shape index (κ1) is 15.2. The van der Waals surface area contributed by atoms with Crippen LogP contribution in [-0.4, -0.2) is 23.0 Å². The molecule has 3 N–H and O–H groups in total. The molecule has 1 fully saturated rings. The number of benzene rings is 1. The van der Waals surface area contributed by atoms with Crippen molar-refractivity contribution >= 4 is 17.2 Å². The van der Waals surface area contributed by atoms with Gasteiger partial charge in [0.15, 0.2) is 0 Å². The number of thiazole rings is 1. The first-order valence-electron chi connectivity index (χ1n) is 7.71. The van der Waals surface area contributed by atoms with Crippen LogP contribution in [0, 0.1) is 6.92 Å². The van der Waals surface area contributed by atoms with E-state index in [1.807, 2.05) is 23.6 Å². The Morgan fingerprint density at radius 1 is 1.27 bits per heavy atom. The molecule has 0 bridgehead atoms. The molecular formula is C17H21N3OS. The van der Waals surface area contributed by atoms with Gasteiger partial charge in [0, 0.05) is 23.0 Å². The number of hydrogen-bond acceptors (Lipinski definition) is 4. The first-order chi connectivity index (χ1) is 10.6. The molecule has 1 saturated carbocycles. The molecule has 0 aliphatic heterocycles. The lowest BCUT2D eigenvalue weighted by Crippen LogP contribution is -2.40. The molecule has 1 aliphatic carbocycles. The van der Waals surface area contributed by atoms with Gasteiger partial charge in [0.25, 0.3) is 5.91 Å². The Balaban J connectivity index is 1.68. The Hall–Kier alpha value is -1.72. The molecule has 5 heteroatoms. The van der Waals surface area contributed by atoms with Crippen molar-refractivity contribution in [1.29, 1.82) is 0 Å². The topological polar surface area (TPSA) is 68.0 Å². The number of rotatable bonds is 3. The van der Waals surface area contributed by atoms with Gasteiger partial charge in [-0.25, -0.2) is 4.98 Å². The van der Waals surface area contributed by atoms with Gasteiger partial charge in [0.2, 0.25) is 0 Å². The first-order valence-corrected chi connectivity index (χ1v) is 8.59. The molecule has 1 aromatic carbocycles. The van der Waals surface area contributed by atoms with E-state index in [9.17, 15) is 4.79 Å². The monoisotopic (exact) mass is 315 g/mol. The van der Waals surface area contributed by atoms with Crippen molar-refractivity contribution in [2.45, 2.75) is 44.7 Å². The van der Waals surface area contributed by atoms with Crippen molar-refractivity contribution in [2.75, 3.05) is 0 Å². The van der Waals surface area contributed by atoms with Crippen molar-refractivity contribution in [3.8, 4) is 10.6 Å². The van der Waals surface area contributed by atoms with Crippen LogP contribution in [-0.2, 0) is 0 Å². The highest BCUT2D eigenvalue weighted by Crippen LogP contribution is 2.26. The summed E-state index contributed by atoms with van der Waals surface area (Å²) < 4.78 is 0. The van der Waals surface area contributed by atoms with Gasteiger partial charge in [0.1, 0.15) is 10.7 Å². The van der Waals surface area contributed by atoms with Gasteiger partial charge in [-0.1, -0.05) is 24.3 Å². The summed E-state index contributed by atoms with van der Waals surface area (Å²) in [4.78, 5) is 16.8. The Labute approximate surface area is 134 Å². The Kier molecular flexibility index (Phi) is 4.55. The number of hydrogen-bond donors (Lipinski definition) is 2. The second-order valence-corrected chi connectivity index (χ2v) is 6.80. The highest BCUT2D eigenvalue weighted by atomic mass is 32.1. The smallest absolute Gasteiger partial charge is 0.270 e. The lowest BCUT2D eigenvalue weighted by atomic mass is 9.92. The minimum Gasteiger partial charge on any atom is -0.348 e. The van der Waals surface area contributed by atoms with Crippen LogP contribution in [0.15, 0.2) is 29.6 Å². The zero-order valence-electron chi connectivity index (χ0n) is 12.7. The quantitative estimate of drug-likeness (QED) is 0.914. The average Bonchev–Trinajstić information content (AvgIpc) is 3.00. The van der Waals surface area contributed by atoms with Crippen LogP contribution in [0.5, 0.6) is 0 Å². The molecule has 1 amide bonds. The predicted octanol–water partition coefficient (Wildman–Crippen LogP) is 3.12. The van der Waals surface area contributed by atoms with Gasteiger partial charge in [-0.3, -0.25) is 4.79 Å². The normalized spacial score (nSPS) is 21.5. The van der Waals surface area contributed by atoms with Gasteiger partial charge in [-0.15, -0.1) is 11.3 Å². The third-order valence-corrected chi connectivity index (χ3v) is 5.09. The van der Waals surface area contributed by atoms with Gasteiger partial charge < -0.3 is 11.1 Å². The zero-order chi connectivity index (χ0) is 15.5. The highest BCUT2D eigenvalue weighted by molar-refractivity contribution is 7.13. The summed E-state index contributed by atoms with van der Waals surface area (Å²) in [5, 5.41) is 5.82. The van der Waals surface area contributed by atoms with Crippen molar-refractivity contribution in [2.24, 2.45) is 5.73 Å². The summed E-state index contributed by atoms with van der Waals surface area (Å²) in [6.45, 7) is 2.06. The molecule has 3 rings (SSSR count). The third kappa shape index (κ3) is 3.36. The molecule has 0 saturated heterocycles. The molecule has 0 radical (unpaired) electrons. The average molecular weight is 315 g/mol. The van der Waals surface area contributed by atoms with Gasteiger partial charge in [-0.2, -0.15) is 0 Å². The van der Waals surface area contributed by atoms with Crippen molar-refractivity contribution < 1.29 is 4.79 Å². The van der Waals surface area contributed by atoms with E-state index in [1.54, 1.807) is 0 Å². The van der Waals surface area contributed by atoms with Gasteiger partial charge >= 0.3 is 0 Å². The van der Waals surface area contributed by atoms with Crippen molar-refractivity contribution in [1.82, 2.24) is 10.3 Å². The second-order valence-electron chi connectivity index (χ2n) is 5.94. The molecule has 0 atom stereocenters. The summed E-state index contributed by atoms with van der Waals surface area (Å²) in [6, 6.07) is 8.62. The lowest BCUT2D eigenvalue weighted by molar-refractivity contribution is 0.0921. The minimum atomic E-state index is -0.0726. The molecular weight excluding hydrogens is 294 g/mol. The maximum atomic E-state index is 12.3. The minimum absolute atomic E-state index is 0.0726. The molecule has 0 unspecified atom stereocenters. The van der Waals surface area contributed by atoms with Crippen LogP contribution in [0.1, 0.15) is 41.7 Å². The Bertz CT molecular complexity index is 659.